The lowest BCUT2D eigenvalue weighted by Gasteiger charge is -2.62. The summed E-state index contributed by atoms with van der Waals surface area (Å²) in [6.07, 6.45) is 9.33. The van der Waals surface area contributed by atoms with E-state index in [0.29, 0.717) is 12.3 Å². The van der Waals surface area contributed by atoms with Crippen molar-refractivity contribution in [2.45, 2.75) is 114 Å². The molecule has 3 saturated carbocycles. The molecule has 0 spiro atoms. The van der Waals surface area contributed by atoms with Crippen LogP contribution >= 0.6 is 0 Å². The van der Waals surface area contributed by atoms with E-state index in [1.807, 2.05) is 0 Å². The summed E-state index contributed by atoms with van der Waals surface area (Å²) in [7, 11) is 0. The molecule has 6 aliphatic rings. The molecule has 0 aromatic carbocycles. The molecule has 8 nitrogen and oxygen atoms in total. The number of carbonyl (C=O) groups is 1. The molecule has 0 aromatic heterocycles. The SMILES string of the molecule is CC12CCC(OC3OCC(N)C(O)C3O)C=C1CCC1C2CCC2(C)C(C3=COC(=O)CC3)CCC12O. The number of nitrogens with two attached hydrogens (primary N) is 1. The van der Waals surface area contributed by atoms with Crippen LogP contribution in [0.1, 0.15) is 78.1 Å². The van der Waals surface area contributed by atoms with E-state index in [1.165, 1.54) is 11.1 Å². The van der Waals surface area contributed by atoms with Crippen molar-refractivity contribution in [2.24, 2.45) is 34.3 Å². The minimum absolute atomic E-state index is 0.0193. The summed E-state index contributed by atoms with van der Waals surface area (Å²) in [6.45, 7) is 4.82. The molecule has 5 N–H and O–H groups in total. The van der Waals surface area contributed by atoms with Crippen LogP contribution in [0, 0.1) is 28.6 Å². The lowest BCUT2D eigenvalue weighted by Crippen LogP contribution is -2.61. The molecule has 11 atom stereocenters. The molecular weight excluding hydrogens is 474 g/mol. The van der Waals surface area contributed by atoms with Gasteiger partial charge in [0.2, 0.25) is 0 Å². The van der Waals surface area contributed by atoms with E-state index in [9.17, 15) is 20.1 Å². The molecule has 206 valence electrons. The average molecular weight is 518 g/mol. The number of allylic oxidation sites excluding steroid dienone is 2. The van der Waals surface area contributed by atoms with Gasteiger partial charge in [0, 0.05) is 11.8 Å². The maximum Gasteiger partial charge on any atom is 0.310 e. The number of esters is 1. The number of aliphatic hydroxyl groups excluding tert-OH is 2. The van der Waals surface area contributed by atoms with Crippen LogP contribution in [0.4, 0.5) is 0 Å². The fourth-order valence-corrected chi connectivity index (χ4v) is 9.24. The van der Waals surface area contributed by atoms with Gasteiger partial charge in [-0.1, -0.05) is 25.5 Å². The molecule has 0 amide bonds. The van der Waals surface area contributed by atoms with Gasteiger partial charge in [0.1, 0.15) is 12.2 Å². The topological polar surface area (TPSA) is 131 Å². The molecular formula is C29H43NO7. The summed E-state index contributed by atoms with van der Waals surface area (Å²) in [5.74, 6) is 0.780. The number of hydrogen-bond acceptors (Lipinski definition) is 8. The standard InChI is InChI=1S/C29H43NO7/c1-27-10-7-18(37-26-25(33)24(32)22(30)15-36-26)13-17(27)4-5-21-20(27)8-11-28(2)19(9-12-29(21,28)34)16-3-6-23(31)35-14-16/h13-14,18-22,24-26,32-34H,3-12,15,30H2,1-2H3. The summed E-state index contributed by atoms with van der Waals surface area (Å²) < 4.78 is 17.0. The van der Waals surface area contributed by atoms with E-state index in [0.717, 1.165) is 57.8 Å². The third-order valence-corrected chi connectivity index (χ3v) is 11.5. The Morgan fingerprint density at radius 2 is 1.81 bits per heavy atom. The quantitative estimate of drug-likeness (QED) is 0.332. The molecule has 4 aliphatic carbocycles. The summed E-state index contributed by atoms with van der Waals surface area (Å²) in [6, 6.07) is -0.611. The van der Waals surface area contributed by atoms with Gasteiger partial charge in [-0.05, 0) is 86.5 Å². The number of ether oxygens (including phenoxy) is 3. The van der Waals surface area contributed by atoms with Crippen molar-refractivity contribution in [2.75, 3.05) is 6.61 Å². The average Bonchev–Trinajstić information content (AvgIpc) is 3.16. The molecule has 0 aromatic rings. The second kappa shape index (κ2) is 9.14. The number of cyclic esters (lactones) is 1. The Labute approximate surface area is 219 Å². The van der Waals surface area contributed by atoms with Crippen molar-refractivity contribution in [3.63, 3.8) is 0 Å². The highest BCUT2D eigenvalue weighted by molar-refractivity contribution is 5.71. The second-order valence-electron chi connectivity index (χ2n) is 13.1. The highest BCUT2D eigenvalue weighted by Gasteiger charge is 2.67. The zero-order valence-electron chi connectivity index (χ0n) is 22.1. The fourth-order valence-electron chi connectivity index (χ4n) is 9.24. The van der Waals surface area contributed by atoms with Crippen LogP contribution in [0.15, 0.2) is 23.5 Å². The predicted octanol–water partition coefficient (Wildman–Crippen LogP) is 2.69. The van der Waals surface area contributed by atoms with E-state index in [4.69, 9.17) is 19.9 Å². The zero-order valence-corrected chi connectivity index (χ0v) is 22.1. The van der Waals surface area contributed by atoms with Crippen molar-refractivity contribution in [3.8, 4) is 0 Å². The van der Waals surface area contributed by atoms with E-state index in [1.54, 1.807) is 6.26 Å². The number of aliphatic hydroxyl groups is 3. The van der Waals surface area contributed by atoms with Gasteiger partial charge < -0.3 is 35.3 Å². The third kappa shape index (κ3) is 3.89. The molecule has 0 radical (unpaired) electrons. The van der Waals surface area contributed by atoms with Crippen LogP contribution in [-0.2, 0) is 19.0 Å². The van der Waals surface area contributed by atoms with Gasteiger partial charge in [-0.25, -0.2) is 0 Å². The van der Waals surface area contributed by atoms with Gasteiger partial charge in [-0.2, -0.15) is 0 Å². The van der Waals surface area contributed by atoms with Crippen LogP contribution in [0.5, 0.6) is 0 Å². The minimum Gasteiger partial charge on any atom is -0.435 e. The molecule has 1 saturated heterocycles. The Hall–Kier alpha value is -1.29. The Balaban J connectivity index is 1.20. The molecule has 2 heterocycles. The highest BCUT2D eigenvalue weighted by atomic mass is 16.7. The fraction of sp³-hybridized carbons (Fsp3) is 0.828. The van der Waals surface area contributed by atoms with E-state index in [2.05, 4.69) is 19.9 Å². The normalized spacial score (nSPS) is 51.8. The van der Waals surface area contributed by atoms with Gasteiger partial charge >= 0.3 is 5.97 Å². The number of hydrogen-bond donors (Lipinski definition) is 4. The largest absolute Gasteiger partial charge is 0.435 e. The maximum absolute atomic E-state index is 12.4. The first-order chi connectivity index (χ1) is 17.6. The monoisotopic (exact) mass is 517 g/mol. The second-order valence-corrected chi connectivity index (χ2v) is 13.1. The van der Waals surface area contributed by atoms with Gasteiger partial charge in [-0.3, -0.25) is 4.79 Å². The van der Waals surface area contributed by atoms with Crippen molar-refractivity contribution in [1.82, 2.24) is 0 Å². The van der Waals surface area contributed by atoms with Crippen molar-refractivity contribution < 1.29 is 34.3 Å². The molecule has 8 heteroatoms. The van der Waals surface area contributed by atoms with Crippen molar-refractivity contribution >= 4 is 5.97 Å². The van der Waals surface area contributed by atoms with Crippen LogP contribution in [0.25, 0.3) is 0 Å². The first-order valence-electron chi connectivity index (χ1n) is 14.3. The first kappa shape index (κ1) is 26.0. The minimum atomic E-state index is -1.16. The Bertz CT molecular complexity index is 997. The molecule has 2 aliphatic heterocycles. The van der Waals surface area contributed by atoms with Crippen molar-refractivity contribution in [1.29, 1.82) is 0 Å². The predicted molar refractivity (Wildman–Crippen MR) is 135 cm³/mol. The van der Waals surface area contributed by atoms with E-state index in [-0.39, 0.29) is 41.3 Å². The van der Waals surface area contributed by atoms with Gasteiger partial charge in [0.25, 0.3) is 0 Å². The molecule has 6 rings (SSSR count). The summed E-state index contributed by atoms with van der Waals surface area (Å²) in [5.41, 5.74) is 7.52. The molecule has 4 fully saturated rings. The number of fused-ring (bicyclic) bond motifs is 5. The highest BCUT2D eigenvalue weighted by Crippen LogP contribution is 2.69. The Morgan fingerprint density at radius 3 is 2.57 bits per heavy atom. The summed E-state index contributed by atoms with van der Waals surface area (Å²) >= 11 is 0. The van der Waals surface area contributed by atoms with Crippen LogP contribution in [0.3, 0.4) is 0 Å². The Kier molecular flexibility index (Phi) is 6.41. The van der Waals surface area contributed by atoms with E-state index >= 15 is 0 Å². The number of rotatable bonds is 3. The third-order valence-electron chi connectivity index (χ3n) is 11.5. The zero-order chi connectivity index (χ0) is 26.2. The summed E-state index contributed by atoms with van der Waals surface area (Å²) in [5, 5.41) is 32.9. The summed E-state index contributed by atoms with van der Waals surface area (Å²) in [4.78, 5) is 11.6. The number of carbonyl (C=O) groups excluding carboxylic acids is 1. The van der Waals surface area contributed by atoms with E-state index < -0.39 is 30.1 Å². The van der Waals surface area contributed by atoms with Gasteiger partial charge in [0.05, 0.1) is 30.6 Å². The first-order valence-corrected chi connectivity index (χ1v) is 14.3. The Morgan fingerprint density at radius 1 is 1.00 bits per heavy atom. The molecule has 37 heavy (non-hydrogen) atoms. The van der Waals surface area contributed by atoms with Crippen molar-refractivity contribution in [3.05, 3.63) is 23.5 Å². The lowest BCUT2D eigenvalue weighted by atomic mass is 9.45. The smallest absolute Gasteiger partial charge is 0.310 e. The maximum atomic E-state index is 12.4. The molecule has 0 bridgehead atoms. The lowest BCUT2D eigenvalue weighted by molar-refractivity contribution is -0.259. The van der Waals surface area contributed by atoms with Gasteiger partial charge in [0.15, 0.2) is 6.29 Å². The van der Waals surface area contributed by atoms with Crippen LogP contribution in [-0.4, -0.2) is 64.1 Å². The molecule has 11 unspecified atom stereocenters. The van der Waals surface area contributed by atoms with Crippen LogP contribution < -0.4 is 5.73 Å². The van der Waals surface area contributed by atoms with Crippen LogP contribution in [0.2, 0.25) is 0 Å². The van der Waals surface area contributed by atoms with Gasteiger partial charge in [-0.15, -0.1) is 0 Å².